The molecule has 4 nitrogen and oxygen atoms in total. The number of carbonyl (C=O) groups is 1. The molecule has 0 aromatic carbocycles. The van der Waals surface area contributed by atoms with Crippen molar-refractivity contribution in [2.45, 2.75) is 31.4 Å². The lowest BCUT2D eigenvalue weighted by atomic mass is 9.60. The van der Waals surface area contributed by atoms with Crippen LogP contribution in [0.4, 0.5) is 0 Å². The first kappa shape index (κ1) is 9.15. The summed E-state index contributed by atoms with van der Waals surface area (Å²) in [4.78, 5) is 11.5. The van der Waals surface area contributed by atoms with Gasteiger partial charge in [-0.1, -0.05) is 13.8 Å². The van der Waals surface area contributed by atoms with Crippen molar-refractivity contribution in [1.29, 1.82) is 0 Å². The minimum absolute atomic E-state index is 0.127. The van der Waals surface area contributed by atoms with E-state index in [1.54, 1.807) is 13.8 Å². The molecule has 0 aliphatic heterocycles. The molecule has 0 aromatic heterocycles. The molecule has 3 saturated carbocycles. The molecule has 2 unspecified atom stereocenters. The van der Waals surface area contributed by atoms with E-state index in [9.17, 15) is 13.2 Å². The van der Waals surface area contributed by atoms with Gasteiger partial charge in [0.25, 0.3) is 10.1 Å². The van der Waals surface area contributed by atoms with Crippen LogP contribution in [0.25, 0.3) is 0 Å². The second kappa shape index (κ2) is 1.98. The van der Waals surface area contributed by atoms with Crippen LogP contribution in [-0.2, 0) is 14.9 Å². The van der Waals surface area contributed by atoms with E-state index in [4.69, 9.17) is 4.55 Å². The number of rotatable bonds is 1. The Kier molecular flexibility index (Phi) is 1.39. The molecule has 5 heteroatoms. The van der Waals surface area contributed by atoms with Crippen molar-refractivity contribution >= 4 is 15.9 Å². The average molecular weight is 204 g/mol. The normalized spacial score (nSPS) is 41.8. The van der Waals surface area contributed by atoms with Gasteiger partial charge in [-0.05, 0) is 17.8 Å². The maximum Gasteiger partial charge on any atom is 0.278 e. The Hall–Kier alpha value is -0.420. The zero-order valence-electron chi connectivity index (χ0n) is 7.57. The van der Waals surface area contributed by atoms with Crippen molar-refractivity contribution in [1.82, 2.24) is 0 Å². The minimum Gasteiger partial charge on any atom is -0.298 e. The Morgan fingerprint density at radius 3 is 2.15 bits per heavy atom. The quantitative estimate of drug-likeness (QED) is 0.636. The maximum absolute atomic E-state index is 11.5. The van der Waals surface area contributed by atoms with Crippen LogP contribution >= 0.6 is 0 Å². The van der Waals surface area contributed by atoms with E-state index in [0.717, 1.165) is 0 Å². The lowest BCUT2D eigenvalue weighted by molar-refractivity contribution is -0.121. The van der Waals surface area contributed by atoms with Crippen molar-refractivity contribution in [3.8, 4) is 0 Å². The molecule has 74 valence electrons. The highest BCUT2D eigenvalue weighted by Crippen LogP contribution is 2.66. The van der Waals surface area contributed by atoms with Crippen LogP contribution in [-0.4, -0.2) is 23.5 Å². The summed E-state index contributed by atoms with van der Waals surface area (Å²) in [5.74, 6) is -0.188. The van der Waals surface area contributed by atoms with Crippen molar-refractivity contribution in [2.75, 3.05) is 0 Å². The van der Waals surface area contributed by atoms with Crippen LogP contribution in [0, 0.1) is 11.3 Å². The molecule has 3 rings (SSSR count). The maximum atomic E-state index is 11.5. The van der Waals surface area contributed by atoms with Crippen LogP contribution in [0.1, 0.15) is 26.7 Å². The third-order valence-electron chi connectivity index (χ3n) is 3.92. The van der Waals surface area contributed by atoms with E-state index >= 15 is 0 Å². The zero-order valence-corrected chi connectivity index (χ0v) is 8.39. The molecule has 3 fully saturated rings. The fourth-order valence-electron chi connectivity index (χ4n) is 2.83. The standard InChI is InChI=1S/C8H12O4S/c1-7(2)5-3-6(9)8(7,4-5)13(10,11)12/h5H,3-4H2,1-2H3,(H,10,11,12). The van der Waals surface area contributed by atoms with E-state index in [0.29, 0.717) is 12.8 Å². The lowest BCUT2D eigenvalue weighted by Crippen LogP contribution is -2.61. The van der Waals surface area contributed by atoms with Crippen LogP contribution in [0.15, 0.2) is 0 Å². The largest absolute Gasteiger partial charge is 0.298 e. The molecule has 3 aliphatic carbocycles. The predicted octanol–water partition coefficient (Wildman–Crippen LogP) is 0.632. The van der Waals surface area contributed by atoms with Gasteiger partial charge in [-0.3, -0.25) is 9.35 Å². The molecular formula is C8H12O4S. The molecule has 0 saturated heterocycles. The zero-order chi connectivity index (χ0) is 10.1. The first-order valence-corrected chi connectivity index (χ1v) is 5.68. The first-order valence-electron chi connectivity index (χ1n) is 4.24. The summed E-state index contributed by atoms with van der Waals surface area (Å²) >= 11 is 0. The summed E-state index contributed by atoms with van der Waals surface area (Å²) in [7, 11) is -4.24. The smallest absolute Gasteiger partial charge is 0.278 e. The van der Waals surface area contributed by atoms with Gasteiger partial charge in [-0.25, -0.2) is 0 Å². The highest BCUT2D eigenvalue weighted by Gasteiger charge is 2.76. The summed E-state index contributed by atoms with van der Waals surface area (Å²) in [6, 6.07) is 0. The molecule has 0 amide bonds. The van der Waals surface area contributed by atoms with Crippen LogP contribution in [0.2, 0.25) is 0 Å². The van der Waals surface area contributed by atoms with Gasteiger partial charge in [0.2, 0.25) is 0 Å². The Morgan fingerprint density at radius 1 is 1.46 bits per heavy atom. The Labute approximate surface area is 77.1 Å². The Balaban J connectivity index is 2.61. The van der Waals surface area contributed by atoms with Gasteiger partial charge in [0.15, 0.2) is 10.5 Å². The average Bonchev–Trinajstić information content (AvgIpc) is 2.36. The number of fused-ring (bicyclic) bond motifs is 1. The fourth-order valence-corrected chi connectivity index (χ4v) is 4.45. The summed E-state index contributed by atoms with van der Waals surface area (Å²) in [6.45, 7) is 3.47. The van der Waals surface area contributed by atoms with Gasteiger partial charge in [-0.15, -0.1) is 0 Å². The molecule has 2 bridgehead atoms. The molecule has 2 atom stereocenters. The van der Waals surface area contributed by atoms with Crippen LogP contribution in [0.5, 0.6) is 0 Å². The molecule has 0 radical (unpaired) electrons. The van der Waals surface area contributed by atoms with Gasteiger partial charge in [0.1, 0.15) is 0 Å². The number of carbonyl (C=O) groups excluding carboxylic acids is 1. The van der Waals surface area contributed by atoms with Crippen LogP contribution < -0.4 is 0 Å². The van der Waals surface area contributed by atoms with Gasteiger partial charge < -0.3 is 0 Å². The molecular weight excluding hydrogens is 192 g/mol. The third kappa shape index (κ3) is 0.714. The SMILES string of the molecule is CC1(C)C2CC(=O)C1(S(=O)(=O)O)C2. The van der Waals surface area contributed by atoms with Crippen LogP contribution in [0.3, 0.4) is 0 Å². The molecule has 1 N–H and O–H groups in total. The van der Waals surface area contributed by atoms with Gasteiger partial charge in [-0.2, -0.15) is 8.42 Å². The van der Waals surface area contributed by atoms with E-state index < -0.39 is 20.3 Å². The first-order chi connectivity index (χ1) is 5.73. The molecule has 13 heavy (non-hydrogen) atoms. The minimum atomic E-state index is -4.24. The topological polar surface area (TPSA) is 71.4 Å². The van der Waals surface area contributed by atoms with Gasteiger partial charge >= 0.3 is 0 Å². The predicted molar refractivity (Wildman–Crippen MR) is 45.8 cm³/mol. The number of ketones is 1. The molecule has 0 spiro atoms. The van der Waals surface area contributed by atoms with Gasteiger partial charge in [0, 0.05) is 6.42 Å². The Morgan fingerprint density at radius 2 is 2.00 bits per heavy atom. The number of hydrogen-bond acceptors (Lipinski definition) is 3. The molecule has 0 heterocycles. The summed E-state index contributed by atoms with van der Waals surface area (Å²) in [5.41, 5.74) is -0.586. The highest BCUT2D eigenvalue weighted by atomic mass is 32.2. The number of Topliss-reactive ketones (excluding diaryl/α,β-unsaturated/α-hetero) is 1. The number of hydrogen-bond donors (Lipinski definition) is 1. The fraction of sp³-hybridized carbons (Fsp3) is 0.875. The monoisotopic (exact) mass is 204 g/mol. The second-order valence-electron chi connectivity index (χ2n) is 4.55. The van der Waals surface area contributed by atoms with Crippen molar-refractivity contribution < 1.29 is 17.8 Å². The van der Waals surface area contributed by atoms with Crippen molar-refractivity contribution in [3.05, 3.63) is 0 Å². The summed E-state index contributed by atoms with van der Waals surface area (Å²) < 4.78 is 29.9. The van der Waals surface area contributed by atoms with E-state index in [2.05, 4.69) is 0 Å². The highest BCUT2D eigenvalue weighted by molar-refractivity contribution is 7.88. The van der Waals surface area contributed by atoms with E-state index in [1.165, 1.54) is 0 Å². The summed E-state index contributed by atoms with van der Waals surface area (Å²) in [6.07, 6.45) is 0.602. The molecule has 0 aromatic rings. The third-order valence-corrected chi connectivity index (χ3v) is 5.72. The second-order valence-corrected chi connectivity index (χ2v) is 6.20. The van der Waals surface area contributed by atoms with Crippen molar-refractivity contribution in [3.63, 3.8) is 0 Å². The molecule has 3 aliphatic rings. The van der Waals surface area contributed by atoms with Crippen molar-refractivity contribution in [2.24, 2.45) is 11.3 Å². The van der Waals surface area contributed by atoms with Gasteiger partial charge in [0.05, 0.1) is 0 Å². The van der Waals surface area contributed by atoms with E-state index in [-0.39, 0.29) is 11.7 Å². The lowest BCUT2D eigenvalue weighted by Gasteiger charge is -2.50. The summed E-state index contributed by atoms with van der Waals surface area (Å²) in [5, 5.41) is 0. The Bertz CT molecular complexity index is 381. The van der Waals surface area contributed by atoms with E-state index in [1.807, 2.05) is 0 Å².